The third-order valence-electron chi connectivity index (χ3n) is 5.28. The first-order valence-electron chi connectivity index (χ1n) is 6.94. The van der Waals surface area contributed by atoms with Crippen molar-refractivity contribution >= 4 is 0 Å². The van der Waals surface area contributed by atoms with E-state index in [9.17, 15) is 10.2 Å². The van der Waals surface area contributed by atoms with Gasteiger partial charge in [-0.2, -0.15) is 0 Å². The highest BCUT2D eigenvalue weighted by atomic mass is 16.7. The van der Waals surface area contributed by atoms with Crippen LogP contribution in [0, 0.1) is 17.3 Å². The molecule has 0 aromatic carbocycles. The number of aliphatic hydroxyl groups is 2. The molecule has 5 atom stereocenters. The van der Waals surface area contributed by atoms with Gasteiger partial charge in [-0.15, -0.1) is 0 Å². The van der Waals surface area contributed by atoms with E-state index in [2.05, 4.69) is 20.8 Å². The van der Waals surface area contributed by atoms with Crippen molar-refractivity contribution in [3.63, 3.8) is 0 Å². The van der Waals surface area contributed by atoms with E-state index >= 15 is 0 Å². The van der Waals surface area contributed by atoms with Gasteiger partial charge in [0.2, 0.25) is 0 Å². The largest absolute Gasteiger partial charge is 0.396 e. The van der Waals surface area contributed by atoms with Gasteiger partial charge in [-0.1, -0.05) is 20.8 Å². The van der Waals surface area contributed by atoms with Crippen LogP contribution in [0.2, 0.25) is 0 Å². The molecule has 0 bridgehead atoms. The smallest absolute Gasteiger partial charge is 0.186 e. The number of hydrogen-bond acceptors (Lipinski definition) is 4. The first-order valence-corrected chi connectivity index (χ1v) is 6.94. The monoisotopic (exact) mass is 258 g/mol. The highest BCUT2D eigenvalue weighted by Crippen LogP contribution is 2.63. The summed E-state index contributed by atoms with van der Waals surface area (Å²) in [6.45, 7) is 6.81. The normalized spacial score (nSPS) is 43.3. The van der Waals surface area contributed by atoms with Crippen LogP contribution in [0.25, 0.3) is 0 Å². The third kappa shape index (κ3) is 1.82. The second-order valence-electron chi connectivity index (χ2n) is 6.28. The molecule has 1 saturated carbocycles. The van der Waals surface area contributed by atoms with E-state index < -0.39 is 11.9 Å². The van der Waals surface area contributed by atoms with E-state index in [0.717, 1.165) is 19.3 Å². The Labute approximate surface area is 109 Å². The molecule has 0 aromatic heterocycles. The fraction of sp³-hybridized carbons (Fsp3) is 1.00. The van der Waals surface area contributed by atoms with Crippen LogP contribution >= 0.6 is 0 Å². The maximum atomic E-state index is 10.1. The fourth-order valence-electron chi connectivity index (χ4n) is 4.24. The van der Waals surface area contributed by atoms with Crippen molar-refractivity contribution in [3.8, 4) is 0 Å². The Bertz CT molecular complexity index is 304. The Morgan fingerprint density at radius 1 is 1.44 bits per heavy atom. The number of fused-ring (bicyclic) bond motifs is 1. The van der Waals surface area contributed by atoms with E-state index in [1.54, 1.807) is 0 Å². The number of methoxy groups -OCH3 is 1. The molecule has 1 unspecified atom stereocenters. The summed E-state index contributed by atoms with van der Waals surface area (Å²) in [5.41, 5.74) is -0.469. The topological polar surface area (TPSA) is 62.2 Å². The fourth-order valence-corrected chi connectivity index (χ4v) is 4.24. The summed E-state index contributed by atoms with van der Waals surface area (Å²) < 4.78 is 11.0. The van der Waals surface area contributed by atoms with Gasteiger partial charge < -0.3 is 19.7 Å². The van der Waals surface area contributed by atoms with Crippen LogP contribution in [0.15, 0.2) is 0 Å². The molecule has 2 fully saturated rings. The van der Waals surface area contributed by atoms with Gasteiger partial charge in [-0.3, -0.25) is 0 Å². The van der Waals surface area contributed by atoms with Gasteiger partial charge in [-0.05, 0) is 30.6 Å². The highest BCUT2D eigenvalue weighted by Gasteiger charge is 2.72. The second kappa shape index (κ2) is 4.75. The Morgan fingerprint density at radius 2 is 2.11 bits per heavy atom. The molecule has 0 radical (unpaired) electrons. The molecule has 1 aliphatic heterocycles. The minimum Gasteiger partial charge on any atom is -0.396 e. The van der Waals surface area contributed by atoms with Crippen LogP contribution in [-0.4, -0.2) is 41.9 Å². The second-order valence-corrected chi connectivity index (χ2v) is 6.28. The van der Waals surface area contributed by atoms with Gasteiger partial charge in [0.1, 0.15) is 5.60 Å². The molecule has 1 heterocycles. The standard InChI is InChI=1S/C14H26O4/c1-5-10-13(2,3)9(6-7-15)8-11-14(10,18-11)12(16)17-4/h9-12,15-16H,5-8H2,1-4H3/t9-,10-,11+,12?,14-/m1/s1. The number of ether oxygens (including phenoxy) is 2. The predicted molar refractivity (Wildman–Crippen MR) is 68.0 cm³/mol. The molecule has 1 aliphatic carbocycles. The van der Waals surface area contributed by atoms with Gasteiger partial charge in [0.15, 0.2) is 6.29 Å². The Hall–Kier alpha value is -0.160. The Morgan fingerprint density at radius 3 is 2.61 bits per heavy atom. The molecule has 106 valence electrons. The quantitative estimate of drug-likeness (QED) is 0.580. The lowest BCUT2D eigenvalue weighted by Crippen LogP contribution is -2.53. The molecule has 18 heavy (non-hydrogen) atoms. The van der Waals surface area contributed by atoms with Crippen LogP contribution < -0.4 is 0 Å². The molecule has 0 amide bonds. The van der Waals surface area contributed by atoms with Crippen molar-refractivity contribution in [1.82, 2.24) is 0 Å². The van der Waals surface area contributed by atoms with Crippen LogP contribution in [-0.2, 0) is 9.47 Å². The zero-order valence-electron chi connectivity index (χ0n) is 11.8. The number of aliphatic hydroxyl groups excluding tert-OH is 2. The minimum atomic E-state index is -0.846. The van der Waals surface area contributed by atoms with Crippen molar-refractivity contribution in [1.29, 1.82) is 0 Å². The molecule has 4 nitrogen and oxygen atoms in total. The van der Waals surface area contributed by atoms with Gasteiger partial charge in [-0.25, -0.2) is 0 Å². The zero-order valence-corrected chi connectivity index (χ0v) is 11.8. The number of epoxide rings is 1. The first-order chi connectivity index (χ1) is 8.45. The summed E-state index contributed by atoms with van der Waals surface area (Å²) in [7, 11) is 1.53. The number of hydrogen-bond donors (Lipinski definition) is 2. The summed E-state index contributed by atoms with van der Waals surface area (Å²) in [5.74, 6) is 0.701. The molecule has 4 heteroatoms. The molecule has 0 spiro atoms. The Balaban J connectivity index is 2.26. The lowest BCUT2D eigenvalue weighted by molar-refractivity contribution is -0.161. The summed E-state index contributed by atoms with van der Waals surface area (Å²) in [4.78, 5) is 0. The molecular formula is C14H26O4. The average molecular weight is 258 g/mol. The third-order valence-corrected chi connectivity index (χ3v) is 5.28. The van der Waals surface area contributed by atoms with Gasteiger partial charge in [0, 0.05) is 19.6 Å². The van der Waals surface area contributed by atoms with Crippen molar-refractivity contribution in [2.45, 2.75) is 58.0 Å². The zero-order chi connectivity index (χ0) is 13.6. The summed E-state index contributed by atoms with van der Waals surface area (Å²) >= 11 is 0. The van der Waals surface area contributed by atoms with E-state index in [-0.39, 0.29) is 24.0 Å². The van der Waals surface area contributed by atoms with Crippen molar-refractivity contribution in [2.75, 3.05) is 13.7 Å². The predicted octanol–water partition coefficient (Wildman–Crippen LogP) is 1.54. The summed E-state index contributed by atoms with van der Waals surface area (Å²) in [6, 6.07) is 0. The molecule has 2 aliphatic rings. The van der Waals surface area contributed by atoms with Gasteiger partial charge in [0.05, 0.1) is 6.10 Å². The lowest BCUT2D eigenvalue weighted by Gasteiger charge is -2.47. The van der Waals surface area contributed by atoms with Crippen LogP contribution in [0.5, 0.6) is 0 Å². The highest BCUT2D eigenvalue weighted by molar-refractivity contribution is 5.17. The molecule has 2 N–H and O–H groups in total. The summed E-state index contributed by atoms with van der Waals surface area (Å²) in [5, 5.41) is 19.4. The minimum absolute atomic E-state index is 0.0456. The van der Waals surface area contributed by atoms with Crippen molar-refractivity contribution in [2.24, 2.45) is 17.3 Å². The Kier molecular flexibility index (Phi) is 3.76. The lowest BCUT2D eigenvalue weighted by atomic mass is 9.56. The first kappa shape index (κ1) is 14.3. The van der Waals surface area contributed by atoms with Gasteiger partial charge in [0.25, 0.3) is 0 Å². The van der Waals surface area contributed by atoms with E-state index in [0.29, 0.717) is 5.92 Å². The van der Waals surface area contributed by atoms with Crippen LogP contribution in [0.3, 0.4) is 0 Å². The molecule has 2 rings (SSSR count). The maximum absolute atomic E-state index is 10.1. The molecular weight excluding hydrogens is 232 g/mol. The van der Waals surface area contributed by atoms with E-state index in [1.165, 1.54) is 7.11 Å². The molecule has 0 aromatic rings. The maximum Gasteiger partial charge on any atom is 0.186 e. The van der Waals surface area contributed by atoms with Crippen LogP contribution in [0.1, 0.15) is 40.0 Å². The summed E-state index contributed by atoms with van der Waals surface area (Å²) in [6.07, 6.45) is 1.91. The average Bonchev–Trinajstić information content (AvgIpc) is 3.03. The SMILES string of the molecule is CC[C@@H]1C(C)(C)[C@H](CCO)C[C@@H]2O[C@@]21C(O)OC. The molecule has 1 saturated heterocycles. The van der Waals surface area contributed by atoms with Crippen molar-refractivity contribution in [3.05, 3.63) is 0 Å². The van der Waals surface area contributed by atoms with E-state index in [4.69, 9.17) is 9.47 Å². The number of rotatable bonds is 5. The van der Waals surface area contributed by atoms with Crippen LogP contribution in [0.4, 0.5) is 0 Å². The van der Waals surface area contributed by atoms with Gasteiger partial charge >= 0.3 is 0 Å². The van der Waals surface area contributed by atoms with Crippen molar-refractivity contribution < 1.29 is 19.7 Å². The van der Waals surface area contributed by atoms with E-state index in [1.807, 2.05) is 0 Å².